The van der Waals surface area contributed by atoms with Gasteiger partial charge < -0.3 is 5.32 Å². The Balaban J connectivity index is 2.20. The Kier molecular flexibility index (Phi) is 4.59. The first-order valence-corrected chi connectivity index (χ1v) is 7.14. The van der Waals surface area contributed by atoms with E-state index in [4.69, 9.17) is 0 Å². The van der Waals surface area contributed by atoms with Gasteiger partial charge in [0.25, 0.3) is 0 Å². The van der Waals surface area contributed by atoms with Crippen LogP contribution in [0.3, 0.4) is 0 Å². The van der Waals surface area contributed by atoms with Crippen LogP contribution in [-0.4, -0.2) is 29.5 Å². The van der Waals surface area contributed by atoms with Crippen LogP contribution in [0.5, 0.6) is 0 Å². The number of hydrogen-bond donors (Lipinski definition) is 1. The van der Waals surface area contributed by atoms with Crippen molar-refractivity contribution in [1.82, 2.24) is 9.88 Å². The fourth-order valence-corrected chi connectivity index (χ4v) is 2.61. The highest BCUT2D eigenvalue weighted by Gasteiger charge is 2.23. The van der Waals surface area contributed by atoms with Crippen molar-refractivity contribution in [2.45, 2.75) is 51.6 Å². The van der Waals surface area contributed by atoms with Gasteiger partial charge in [-0.15, -0.1) is 0 Å². The van der Waals surface area contributed by atoms with Gasteiger partial charge in [0, 0.05) is 23.8 Å². The molecule has 0 radical (unpaired) electrons. The van der Waals surface area contributed by atoms with Crippen molar-refractivity contribution in [3.05, 3.63) is 23.9 Å². The molecule has 3 heteroatoms. The lowest BCUT2D eigenvalue weighted by atomic mass is 9.96. The van der Waals surface area contributed by atoms with Gasteiger partial charge in [0.2, 0.25) is 0 Å². The summed E-state index contributed by atoms with van der Waals surface area (Å²) in [4.78, 5) is 7.00. The minimum Gasteiger partial charge on any atom is -0.367 e. The molecule has 3 nitrogen and oxygen atoms in total. The number of anilines is 1. The number of pyridine rings is 1. The first kappa shape index (κ1) is 13.3. The highest BCUT2D eigenvalue weighted by atomic mass is 15.1. The Labute approximate surface area is 111 Å². The number of piperidine rings is 1. The highest BCUT2D eigenvalue weighted by molar-refractivity contribution is 5.46. The van der Waals surface area contributed by atoms with Crippen LogP contribution in [0.25, 0.3) is 0 Å². The normalized spacial score (nSPS) is 22.7. The Bertz CT molecular complexity index is 378. The van der Waals surface area contributed by atoms with Crippen LogP contribution in [0.1, 0.15) is 51.1 Å². The predicted octanol–water partition coefficient (Wildman–Crippen LogP) is 3.45. The van der Waals surface area contributed by atoms with E-state index in [0.29, 0.717) is 12.1 Å². The van der Waals surface area contributed by atoms with Crippen molar-refractivity contribution < 1.29 is 0 Å². The summed E-state index contributed by atoms with van der Waals surface area (Å²) in [5.41, 5.74) is 1.36. The zero-order chi connectivity index (χ0) is 13.0. The van der Waals surface area contributed by atoms with Crippen LogP contribution in [-0.2, 0) is 0 Å². The van der Waals surface area contributed by atoms with Gasteiger partial charge in [0.1, 0.15) is 5.82 Å². The maximum atomic E-state index is 4.54. The molecule has 0 bridgehead atoms. The molecule has 1 aliphatic rings. The predicted molar refractivity (Wildman–Crippen MR) is 76.8 cm³/mol. The Hall–Kier alpha value is -1.09. The van der Waals surface area contributed by atoms with E-state index in [1.807, 2.05) is 6.20 Å². The van der Waals surface area contributed by atoms with E-state index < -0.39 is 0 Å². The molecule has 1 aromatic heterocycles. The number of hydrogen-bond acceptors (Lipinski definition) is 3. The number of aromatic nitrogens is 1. The molecule has 0 spiro atoms. The molecule has 0 aromatic carbocycles. The summed E-state index contributed by atoms with van der Waals surface area (Å²) in [6.45, 7) is 5.61. The Morgan fingerprint density at radius 1 is 1.50 bits per heavy atom. The molecule has 1 saturated heterocycles. The summed E-state index contributed by atoms with van der Waals surface area (Å²) in [5.74, 6) is 1.07. The fraction of sp³-hybridized carbons (Fsp3) is 0.667. The van der Waals surface area contributed by atoms with E-state index in [1.54, 1.807) is 0 Å². The largest absolute Gasteiger partial charge is 0.367 e. The molecule has 100 valence electrons. The third-order valence-corrected chi connectivity index (χ3v) is 3.96. The lowest BCUT2D eigenvalue weighted by Gasteiger charge is -2.34. The van der Waals surface area contributed by atoms with Gasteiger partial charge in [0.15, 0.2) is 0 Å². The quantitative estimate of drug-likeness (QED) is 0.883. The summed E-state index contributed by atoms with van der Waals surface area (Å²) < 4.78 is 0. The van der Waals surface area contributed by atoms with E-state index in [9.17, 15) is 0 Å². The topological polar surface area (TPSA) is 28.2 Å². The number of likely N-dealkylation sites (tertiary alicyclic amines) is 1. The van der Waals surface area contributed by atoms with Crippen LogP contribution < -0.4 is 5.32 Å². The third-order valence-electron chi connectivity index (χ3n) is 3.96. The van der Waals surface area contributed by atoms with Crippen molar-refractivity contribution in [2.75, 3.05) is 18.9 Å². The molecule has 1 N–H and O–H groups in total. The summed E-state index contributed by atoms with van der Waals surface area (Å²) in [7, 11) is 2.23. The molecule has 2 rings (SSSR count). The fourth-order valence-electron chi connectivity index (χ4n) is 2.61. The monoisotopic (exact) mass is 247 g/mol. The average molecular weight is 247 g/mol. The van der Waals surface area contributed by atoms with E-state index in [2.05, 4.69) is 48.2 Å². The first-order valence-electron chi connectivity index (χ1n) is 7.14. The summed E-state index contributed by atoms with van der Waals surface area (Å²) in [6, 6.07) is 5.29. The smallest absolute Gasteiger partial charge is 0.130 e. The Morgan fingerprint density at radius 2 is 2.33 bits per heavy atom. The molecule has 1 fully saturated rings. The molecule has 2 atom stereocenters. The lowest BCUT2D eigenvalue weighted by Crippen LogP contribution is -2.30. The van der Waals surface area contributed by atoms with Crippen LogP contribution in [0, 0.1) is 0 Å². The van der Waals surface area contributed by atoms with Crippen molar-refractivity contribution >= 4 is 5.82 Å². The molecule has 1 aromatic rings. The first-order chi connectivity index (χ1) is 8.72. The second kappa shape index (κ2) is 6.19. The SMILES string of the molecule is CC[C@@H](C)Nc1ncccc1[C@@H]1CCCCN1C. The lowest BCUT2D eigenvalue weighted by molar-refractivity contribution is 0.187. The maximum absolute atomic E-state index is 4.54. The summed E-state index contributed by atoms with van der Waals surface area (Å²) >= 11 is 0. The van der Waals surface area contributed by atoms with E-state index in [0.717, 1.165) is 12.2 Å². The van der Waals surface area contributed by atoms with E-state index in [-0.39, 0.29) is 0 Å². The molecule has 0 aliphatic carbocycles. The summed E-state index contributed by atoms with van der Waals surface area (Å²) in [6.07, 6.45) is 6.90. The summed E-state index contributed by atoms with van der Waals surface area (Å²) in [5, 5.41) is 3.54. The molecule has 2 heterocycles. The standard InChI is InChI=1S/C15H25N3/c1-4-12(2)17-15-13(8-7-10-16-15)14-9-5-6-11-18(14)3/h7-8,10,12,14H,4-6,9,11H2,1-3H3,(H,16,17)/t12-,14+/m1/s1. The molecule has 0 unspecified atom stereocenters. The van der Waals surface area contributed by atoms with Crippen LogP contribution in [0.2, 0.25) is 0 Å². The number of nitrogens with zero attached hydrogens (tertiary/aromatic N) is 2. The zero-order valence-corrected chi connectivity index (χ0v) is 11.8. The van der Waals surface area contributed by atoms with Gasteiger partial charge in [-0.2, -0.15) is 0 Å². The van der Waals surface area contributed by atoms with Crippen molar-refractivity contribution in [3.8, 4) is 0 Å². The second-order valence-corrected chi connectivity index (χ2v) is 5.39. The molecular formula is C15H25N3. The number of nitrogens with one attached hydrogen (secondary N) is 1. The number of rotatable bonds is 4. The van der Waals surface area contributed by atoms with E-state index >= 15 is 0 Å². The zero-order valence-electron chi connectivity index (χ0n) is 11.8. The molecule has 18 heavy (non-hydrogen) atoms. The third kappa shape index (κ3) is 3.02. The van der Waals surface area contributed by atoms with Gasteiger partial charge in [-0.3, -0.25) is 4.90 Å². The Morgan fingerprint density at radius 3 is 3.06 bits per heavy atom. The van der Waals surface area contributed by atoms with Crippen molar-refractivity contribution in [2.24, 2.45) is 0 Å². The molecule has 0 saturated carbocycles. The van der Waals surface area contributed by atoms with Crippen molar-refractivity contribution in [1.29, 1.82) is 0 Å². The molecule has 0 amide bonds. The van der Waals surface area contributed by atoms with Gasteiger partial charge in [-0.1, -0.05) is 19.4 Å². The van der Waals surface area contributed by atoms with Gasteiger partial charge >= 0.3 is 0 Å². The van der Waals surface area contributed by atoms with Gasteiger partial charge in [-0.25, -0.2) is 4.98 Å². The van der Waals surface area contributed by atoms with Gasteiger partial charge in [-0.05, 0) is 45.8 Å². The highest BCUT2D eigenvalue weighted by Crippen LogP contribution is 2.33. The maximum Gasteiger partial charge on any atom is 0.130 e. The molecular weight excluding hydrogens is 222 g/mol. The van der Waals surface area contributed by atoms with Crippen LogP contribution >= 0.6 is 0 Å². The average Bonchev–Trinajstić information content (AvgIpc) is 2.40. The minimum absolute atomic E-state index is 0.479. The van der Waals surface area contributed by atoms with Crippen LogP contribution in [0.15, 0.2) is 18.3 Å². The minimum atomic E-state index is 0.479. The second-order valence-electron chi connectivity index (χ2n) is 5.39. The van der Waals surface area contributed by atoms with E-state index in [1.165, 1.54) is 31.4 Å². The van der Waals surface area contributed by atoms with Crippen molar-refractivity contribution in [3.63, 3.8) is 0 Å². The molecule has 1 aliphatic heterocycles. The van der Waals surface area contributed by atoms with Crippen LogP contribution in [0.4, 0.5) is 5.82 Å². The van der Waals surface area contributed by atoms with Gasteiger partial charge in [0.05, 0.1) is 0 Å².